The summed E-state index contributed by atoms with van der Waals surface area (Å²) in [7, 11) is 0. The van der Waals surface area contributed by atoms with E-state index in [4.69, 9.17) is 10.5 Å². The maximum atomic E-state index is 12.0. The summed E-state index contributed by atoms with van der Waals surface area (Å²) in [6.45, 7) is 6.56. The van der Waals surface area contributed by atoms with Crippen molar-refractivity contribution in [2.24, 2.45) is 16.6 Å². The molecule has 1 saturated carbocycles. The number of carbonyl (C=O) groups is 2. The van der Waals surface area contributed by atoms with Crippen LogP contribution in [0.15, 0.2) is 0 Å². The zero-order chi connectivity index (χ0) is 14.5. The largest absolute Gasteiger partial charge is 0.481 e. The molecule has 1 aliphatic heterocycles. The van der Waals surface area contributed by atoms with Crippen LogP contribution in [0.2, 0.25) is 0 Å². The zero-order valence-electron chi connectivity index (χ0n) is 11.7. The molecule has 0 bridgehead atoms. The van der Waals surface area contributed by atoms with Crippen molar-refractivity contribution in [2.75, 3.05) is 19.6 Å². The van der Waals surface area contributed by atoms with Crippen LogP contribution in [0.4, 0.5) is 4.79 Å². The van der Waals surface area contributed by atoms with E-state index in [1.807, 2.05) is 20.8 Å². The van der Waals surface area contributed by atoms with Gasteiger partial charge in [-0.2, -0.15) is 0 Å². The number of aliphatic carboxylic acids is 1. The first-order valence-corrected chi connectivity index (χ1v) is 6.57. The van der Waals surface area contributed by atoms with Gasteiger partial charge in [0.1, 0.15) is 5.60 Å². The number of hydrogen-bond acceptors (Lipinski definition) is 4. The molecule has 2 aliphatic rings. The van der Waals surface area contributed by atoms with Crippen molar-refractivity contribution in [1.82, 2.24) is 4.90 Å². The fourth-order valence-electron chi connectivity index (χ4n) is 3.10. The molecule has 6 nitrogen and oxygen atoms in total. The van der Waals surface area contributed by atoms with Crippen molar-refractivity contribution in [3.63, 3.8) is 0 Å². The van der Waals surface area contributed by atoms with E-state index in [0.29, 0.717) is 25.9 Å². The predicted octanol–water partition coefficient (Wildman–Crippen LogP) is 1.05. The van der Waals surface area contributed by atoms with Crippen LogP contribution in [0.3, 0.4) is 0 Å². The van der Waals surface area contributed by atoms with Crippen LogP contribution >= 0.6 is 0 Å². The van der Waals surface area contributed by atoms with E-state index in [0.717, 1.165) is 0 Å². The number of hydrogen-bond donors (Lipinski definition) is 2. The lowest BCUT2D eigenvalue weighted by Crippen LogP contribution is -2.37. The van der Waals surface area contributed by atoms with Gasteiger partial charge in [-0.15, -0.1) is 0 Å². The second-order valence-corrected chi connectivity index (χ2v) is 6.70. The third-order valence-corrected chi connectivity index (χ3v) is 4.29. The SMILES string of the molecule is CC(C)(C)OC(=O)N1CC[C@@]2(C1)C[C@@]2(CN)C(=O)O. The maximum Gasteiger partial charge on any atom is 0.410 e. The molecule has 1 saturated heterocycles. The Kier molecular flexibility index (Phi) is 3.04. The Labute approximate surface area is 112 Å². The minimum atomic E-state index is -0.846. The van der Waals surface area contributed by atoms with Crippen molar-refractivity contribution < 1.29 is 19.4 Å². The van der Waals surface area contributed by atoms with E-state index < -0.39 is 17.0 Å². The van der Waals surface area contributed by atoms with Gasteiger partial charge in [-0.05, 0) is 33.6 Å². The Hall–Kier alpha value is -1.30. The van der Waals surface area contributed by atoms with Crippen LogP contribution in [0.1, 0.15) is 33.6 Å². The number of carboxylic acids is 1. The molecule has 0 aromatic rings. The highest BCUT2D eigenvalue weighted by atomic mass is 16.6. The summed E-state index contributed by atoms with van der Waals surface area (Å²) in [6.07, 6.45) is 0.883. The molecule has 1 amide bonds. The highest BCUT2D eigenvalue weighted by Crippen LogP contribution is 2.67. The van der Waals surface area contributed by atoms with Gasteiger partial charge in [0.15, 0.2) is 0 Å². The summed E-state index contributed by atoms with van der Waals surface area (Å²) in [5, 5.41) is 9.33. The number of ether oxygens (including phenoxy) is 1. The fourth-order valence-corrected chi connectivity index (χ4v) is 3.10. The molecule has 2 atom stereocenters. The van der Waals surface area contributed by atoms with Crippen molar-refractivity contribution in [3.05, 3.63) is 0 Å². The Bertz CT molecular complexity index is 417. The smallest absolute Gasteiger partial charge is 0.410 e. The first-order valence-electron chi connectivity index (χ1n) is 6.57. The summed E-state index contributed by atoms with van der Waals surface area (Å²) in [5.74, 6) is -0.846. The quantitative estimate of drug-likeness (QED) is 0.782. The van der Waals surface area contributed by atoms with Gasteiger partial charge in [0.25, 0.3) is 0 Å². The van der Waals surface area contributed by atoms with Crippen molar-refractivity contribution in [1.29, 1.82) is 0 Å². The molecule has 0 aromatic heterocycles. The van der Waals surface area contributed by atoms with Gasteiger partial charge >= 0.3 is 12.1 Å². The lowest BCUT2D eigenvalue weighted by Gasteiger charge is -2.25. The summed E-state index contributed by atoms with van der Waals surface area (Å²) < 4.78 is 5.31. The van der Waals surface area contributed by atoms with E-state index in [9.17, 15) is 14.7 Å². The average molecular weight is 270 g/mol. The molecule has 2 rings (SSSR count). The molecule has 6 heteroatoms. The predicted molar refractivity (Wildman–Crippen MR) is 68.6 cm³/mol. The van der Waals surface area contributed by atoms with Crippen LogP contribution in [0, 0.1) is 10.8 Å². The van der Waals surface area contributed by atoms with E-state index in [2.05, 4.69) is 0 Å². The number of nitrogens with two attached hydrogens (primary N) is 1. The fraction of sp³-hybridized carbons (Fsp3) is 0.846. The number of carbonyl (C=O) groups excluding carboxylic acids is 1. The van der Waals surface area contributed by atoms with Crippen LogP contribution < -0.4 is 5.73 Å². The Balaban J connectivity index is 2.02. The molecule has 2 fully saturated rings. The van der Waals surface area contributed by atoms with Crippen molar-refractivity contribution in [2.45, 2.75) is 39.2 Å². The molecule has 108 valence electrons. The lowest BCUT2D eigenvalue weighted by atomic mass is 9.92. The third kappa shape index (κ3) is 2.18. The van der Waals surface area contributed by atoms with Crippen molar-refractivity contribution in [3.8, 4) is 0 Å². The van der Waals surface area contributed by atoms with Crippen molar-refractivity contribution >= 4 is 12.1 Å². The highest BCUT2D eigenvalue weighted by molar-refractivity contribution is 5.81. The summed E-state index contributed by atoms with van der Waals surface area (Å²) >= 11 is 0. The first-order chi connectivity index (χ1) is 8.66. The minimum Gasteiger partial charge on any atom is -0.481 e. The normalized spacial score (nSPS) is 33.6. The highest BCUT2D eigenvalue weighted by Gasteiger charge is 2.73. The second-order valence-electron chi connectivity index (χ2n) is 6.70. The number of rotatable bonds is 2. The van der Waals surface area contributed by atoms with Crippen LogP contribution in [-0.2, 0) is 9.53 Å². The van der Waals surface area contributed by atoms with Gasteiger partial charge in [0.05, 0.1) is 5.41 Å². The number of nitrogens with zero attached hydrogens (tertiary/aromatic N) is 1. The Morgan fingerprint density at radius 2 is 2.05 bits per heavy atom. The molecular formula is C13H22N2O4. The molecule has 3 N–H and O–H groups in total. The lowest BCUT2D eigenvalue weighted by molar-refractivity contribution is -0.144. The van der Waals surface area contributed by atoms with Gasteiger partial charge in [-0.1, -0.05) is 0 Å². The first kappa shape index (κ1) is 14.1. The Morgan fingerprint density at radius 3 is 2.47 bits per heavy atom. The summed E-state index contributed by atoms with van der Waals surface area (Å²) in [4.78, 5) is 24.9. The molecule has 19 heavy (non-hydrogen) atoms. The topological polar surface area (TPSA) is 92.9 Å². The standard InChI is InChI=1S/C13H22N2O4/c1-11(2,3)19-10(18)15-5-4-12(8-15)6-13(12,7-14)9(16)17/h4-8,14H2,1-3H3,(H,16,17)/t12-,13+/m0/s1. The second kappa shape index (κ2) is 4.10. The maximum absolute atomic E-state index is 12.0. The van der Waals surface area contributed by atoms with Gasteiger partial charge in [-0.3, -0.25) is 4.79 Å². The summed E-state index contributed by atoms with van der Waals surface area (Å²) in [5.41, 5.74) is 3.91. The number of likely N-dealkylation sites (tertiary alicyclic amines) is 1. The number of amides is 1. The van der Waals surface area contributed by atoms with Gasteiger partial charge in [-0.25, -0.2) is 4.79 Å². The van der Waals surface area contributed by atoms with Gasteiger partial charge < -0.3 is 20.5 Å². The van der Waals surface area contributed by atoms with E-state index in [-0.39, 0.29) is 18.1 Å². The van der Waals surface area contributed by atoms with E-state index in [1.165, 1.54) is 0 Å². The minimum absolute atomic E-state index is 0.129. The average Bonchev–Trinajstić information content (AvgIpc) is 2.68. The Morgan fingerprint density at radius 1 is 1.42 bits per heavy atom. The van der Waals surface area contributed by atoms with Crippen LogP contribution in [-0.4, -0.2) is 47.3 Å². The third-order valence-electron chi connectivity index (χ3n) is 4.29. The monoisotopic (exact) mass is 270 g/mol. The molecule has 1 spiro atoms. The molecule has 0 aromatic carbocycles. The molecule has 1 aliphatic carbocycles. The molecule has 0 unspecified atom stereocenters. The van der Waals surface area contributed by atoms with Crippen LogP contribution in [0.25, 0.3) is 0 Å². The van der Waals surface area contributed by atoms with Gasteiger partial charge in [0, 0.05) is 25.0 Å². The molecule has 1 heterocycles. The van der Waals surface area contributed by atoms with Gasteiger partial charge in [0.2, 0.25) is 0 Å². The van der Waals surface area contributed by atoms with Crippen LogP contribution in [0.5, 0.6) is 0 Å². The van der Waals surface area contributed by atoms with E-state index in [1.54, 1.807) is 4.90 Å². The molecular weight excluding hydrogens is 248 g/mol. The zero-order valence-corrected chi connectivity index (χ0v) is 11.7. The number of carboxylic acid groups (broad SMARTS) is 1. The molecule has 0 radical (unpaired) electrons. The summed E-state index contributed by atoms with van der Waals surface area (Å²) in [6, 6.07) is 0. The van der Waals surface area contributed by atoms with E-state index >= 15 is 0 Å².